The molecule has 1 aromatic rings. The summed E-state index contributed by atoms with van der Waals surface area (Å²) in [6.07, 6.45) is 4.45. The van der Waals surface area contributed by atoms with E-state index in [0.717, 1.165) is 43.4 Å². The molecule has 3 atom stereocenters. The Morgan fingerprint density at radius 1 is 1.07 bits per heavy atom. The van der Waals surface area contributed by atoms with Gasteiger partial charge in [-0.3, -0.25) is 14.5 Å². The highest BCUT2D eigenvalue weighted by Crippen LogP contribution is 2.38. The molecule has 2 aliphatic heterocycles. The molecule has 27 heavy (non-hydrogen) atoms. The highest BCUT2D eigenvalue weighted by molar-refractivity contribution is 5.94. The van der Waals surface area contributed by atoms with Gasteiger partial charge in [0.05, 0.1) is 6.54 Å². The van der Waals surface area contributed by atoms with E-state index in [4.69, 9.17) is 0 Å². The number of nitrogens with zero attached hydrogens (tertiary/aromatic N) is 1. The maximum atomic E-state index is 12.3. The molecule has 148 valence electrons. The fraction of sp³-hybridized carbons (Fsp3) is 0.636. The van der Waals surface area contributed by atoms with Crippen LogP contribution < -0.4 is 10.6 Å². The van der Waals surface area contributed by atoms with Gasteiger partial charge in [-0.2, -0.15) is 0 Å². The van der Waals surface area contributed by atoms with E-state index >= 15 is 0 Å². The molecule has 0 saturated carbocycles. The Morgan fingerprint density at radius 3 is 2.22 bits per heavy atom. The fourth-order valence-corrected chi connectivity index (χ4v) is 4.48. The van der Waals surface area contributed by atoms with Crippen LogP contribution in [0.1, 0.15) is 62.4 Å². The molecule has 2 N–H and O–H groups in total. The van der Waals surface area contributed by atoms with Crippen molar-refractivity contribution in [3.05, 3.63) is 35.4 Å². The average molecular weight is 372 g/mol. The Labute approximate surface area is 162 Å². The van der Waals surface area contributed by atoms with Gasteiger partial charge < -0.3 is 10.6 Å². The molecule has 2 fully saturated rings. The molecule has 0 spiro atoms. The summed E-state index contributed by atoms with van der Waals surface area (Å²) in [4.78, 5) is 27.0. The first kappa shape index (κ1) is 19.9. The Bertz CT molecular complexity index is 664. The summed E-state index contributed by atoms with van der Waals surface area (Å²) < 4.78 is 0. The molecule has 2 heterocycles. The number of carbonyl (C=O) groups excluding carboxylic acids is 2. The molecule has 0 radical (unpaired) electrons. The van der Waals surface area contributed by atoms with Crippen LogP contribution in [-0.4, -0.2) is 47.4 Å². The third kappa shape index (κ3) is 5.32. The number of carbonyl (C=O) groups is 2. The summed E-state index contributed by atoms with van der Waals surface area (Å²) >= 11 is 0. The predicted octanol–water partition coefficient (Wildman–Crippen LogP) is 2.88. The third-order valence-corrected chi connectivity index (χ3v) is 5.69. The summed E-state index contributed by atoms with van der Waals surface area (Å²) in [6, 6.07) is 8.63. The SMILES string of the molecule is Cc1ccc(C(=O)NCC2C[C@H]3CC[C@@H](C2)N3CC(=O)NC(C)(C)C)cc1. The standard InChI is InChI=1S/C22H33N3O2/c1-15-5-7-17(8-6-15)21(27)23-13-16-11-18-9-10-19(12-16)25(18)14-20(26)24-22(2,3)4/h5-8,16,18-19H,9-14H2,1-4H3,(H,23,27)(H,24,26)/t16?,18-,19+. The van der Waals surface area contributed by atoms with Gasteiger partial charge in [-0.25, -0.2) is 0 Å². The second-order valence-electron chi connectivity index (χ2n) is 9.27. The van der Waals surface area contributed by atoms with Crippen molar-refractivity contribution >= 4 is 11.8 Å². The van der Waals surface area contributed by atoms with Gasteiger partial charge in [-0.05, 0) is 71.4 Å². The Kier molecular flexibility index (Phi) is 5.89. The molecular formula is C22H33N3O2. The van der Waals surface area contributed by atoms with Crippen molar-refractivity contribution in [1.29, 1.82) is 0 Å². The minimum Gasteiger partial charge on any atom is -0.352 e. The highest BCUT2D eigenvalue weighted by Gasteiger charge is 2.41. The lowest BCUT2D eigenvalue weighted by Crippen LogP contribution is -2.52. The van der Waals surface area contributed by atoms with Gasteiger partial charge >= 0.3 is 0 Å². The minimum absolute atomic E-state index is 0.00864. The molecule has 3 rings (SSSR count). The molecule has 1 aromatic carbocycles. The quantitative estimate of drug-likeness (QED) is 0.837. The van der Waals surface area contributed by atoms with Crippen molar-refractivity contribution < 1.29 is 9.59 Å². The number of fused-ring (bicyclic) bond motifs is 2. The van der Waals surface area contributed by atoms with Crippen LogP contribution in [-0.2, 0) is 4.79 Å². The number of hydrogen-bond donors (Lipinski definition) is 2. The number of hydrogen-bond acceptors (Lipinski definition) is 3. The molecule has 2 amide bonds. The van der Waals surface area contributed by atoms with Crippen LogP contribution in [0.15, 0.2) is 24.3 Å². The summed E-state index contributed by atoms with van der Waals surface area (Å²) in [5, 5.41) is 6.18. The molecule has 2 aliphatic rings. The zero-order valence-electron chi connectivity index (χ0n) is 17.0. The van der Waals surface area contributed by atoms with Gasteiger partial charge in [-0.1, -0.05) is 17.7 Å². The topological polar surface area (TPSA) is 61.4 Å². The zero-order valence-corrected chi connectivity index (χ0v) is 17.0. The second-order valence-corrected chi connectivity index (χ2v) is 9.27. The van der Waals surface area contributed by atoms with Crippen molar-refractivity contribution in [1.82, 2.24) is 15.5 Å². The molecule has 0 aliphatic carbocycles. The number of nitrogens with one attached hydrogen (secondary N) is 2. The first-order valence-corrected chi connectivity index (χ1v) is 10.1. The van der Waals surface area contributed by atoms with Crippen LogP contribution in [0.25, 0.3) is 0 Å². The van der Waals surface area contributed by atoms with Crippen molar-refractivity contribution in [2.75, 3.05) is 13.1 Å². The fourth-order valence-electron chi connectivity index (χ4n) is 4.48. The first-order valence-electron chi connectivity index (χ1n) is 10.1. The van der Waals surface area contributed by atoms with E-state index in [9.17, 15) is 9.59 Å². The van der Waals surface area contributed by atoms with E-state index < -0.39 is 0 Å². The van der Waals surface area contributed by atoms with E-state index in [1.807, 2.05) is 52.0 Å². The van der Waals surface area contributed by atoms with Gasteiger partial charge in [0.15, 0.2) is 0 Å². The van der Waals surface area contributed by atoms with E-state index in [1.54, 1.807) is 0 Å². The summed E-state index contributed by atoms with van der Waals surface area (Å²) in [5.74, 6) is 0.624. The Morgan fingerprint density at radius 2 is 1.67 bits per heavy atom. The highest BCUT2D eigenvalue weighted by atomic mass is 16.2. The monoisotopic (exact) mass is 371 g/mol. The zero-order chi connectivity index (χ0) is 19.6. The van der Waals surface area contributed by atoms with Gasteiger partial charge in [0.1, 0.15) is 0 Å². The van der Waals surface area contributed by atoms with Crippen LogP contribution in [0.2, 0.25) is 0 Å². The second kappa shape index (κ2) is 8.01. The molecular weight excluding hydrogens is 338 g/mol. The largest absolute Gasteiger partial charge is 0.352 e. The molecule has 1 unspecified atom stereocenters. The Hall–Kier alpha value is -1.88. The lowest BCUT2D eigenvalue weighted by atomic mass is 9.90. The lowest BCUT2D eigenvalue weighted by Gasteiger charge is -2.39. The summed E-state index contributed by atoms with van der Waals surface area (Å²) in [5.41, 5.74) is 1.69. The van der Waals surface area contributed by atoms with Crippen LogP contribution in [0, 0.1) is 12.8 Å². The maximum absolute atomic E-state index is 12.3. The van der Waals surface area contributed by atoms with Gasteiger partial charge in [0.2, 0.25) is 5.91 Å². The van der Waals surface area contributed by atoms with Crippen molar-refractivity contribution in [2.45, 2.75) is 71.0 Å². The van der Waals surface area contributed by atoms with Gasteiger partial charge in [0.25, 0.3) is 5.91 Å². The van der Waals surface area contributed by atoms with Crippen molar-refractivity contribution in [3.63, 3.8) is 0 Å². The maximum Gasteiger partial charge on any atom is 0.251 e. The average Bonchev–Trinajstić information content (AvgIpc) is 2.80. The number of benzene rings is 1. The molecule has 2 bridgehead atoms. The van der Waals surface area contributed by atoms with Crippen LogP contribution in [0.5, 0.6) is 0 Å². The van der Waals surface area contributed by atoms with Gasteiger partial charge in [0, 0.05) is 29.7 Å². The molecule has 2 saturated heterocycles. The van der Waals surface area contributed by atoms with Crippen molar-refractivity contribution in [2.24, 2.45) is 5.92 Å². The van der Waals surface area contributed by atoms with Gasteiger partial charge in [-0.15, -0.1) is 0 Å². The minimum atomic E-state index is -0.186. The van der Waals surface area contributed by atoms with Crippen LogP contribution >= 0.6 is 0 Å². The normalized spacial score (nSPS) is 25.3. The number of rotatable bonds is 5. The number of aryl methyl sites for hydroxylation is 1. The molecule has 0 aromatic heterocycles. The summed E-state index contributed by atoms with van der Waals surface area (Å²) in [6.45, 7) is 9.29. The van der Waals surface area contributed by atoms with Crippen molar-refractivity contribution in [3.8, 4) is 0 Å². The van der Waals surface area contributed by atoms with E-state index in [1.165, 1.54) is 0 Å². The number of piperidine rings is 1. The number of amides is 2. The lowest BCUT2D eigenvalue weighted by molar-refractivity contribution is -0.125. The first-order chi connectivity index (χ1) is 12.7. The van der Waals surface area contributed by atoms with E-state index in [2.05, 4.69) is 15.5 Å². The van der Waals surface area contributed by atoms with Crippen LogP contribution in [0.3, 0.4) is 0 Å². The summed E-state index contributed by atoms with van der Waals surface area (Å²) in [7, 11) is 0. The third-order valence-electron chi connectivity index (χ3n) is 5.69. The van der Waals surface area contributed by atoms with Crippen LogP contribution in [0.4, 0.5) is 0 Å². The van der Waals surface area contributed by atoms with E-state index in [-0.39, 0.29) is 17.4 Å². The van der Waals surface area contributed by atoms with E-state index in [0.29, 0.717) is 24.5 Å². The predicted molar refractivity (Wildman–Crippen MR) is 108 cm³/mol. The smallest absolute Gasteiger partial charge is 0.251 e. The molecule has 5 heteroatoms. The Balaban J connectivity index is 1.49. The molecule has 5 nitrogen and oxygen atoms in total.